The molecule has 35 heavy (non-hydrogen) atoms. The number of piperazine rings is 1. The average molecular weight is 476 g/mol. The van der Waals surface area contributed by atoms with Crippen molar-refractivity contribution >= 4 is 16.8 Å². The molecule has 2 aromatic carbocycles. The third-order valence-corrected chi connectivity index (χ3v) is 6.80. The number of benzene rings is 2. The molecule has 0 saturated carbocycles. The summed E-state index contributed by atoms with van der Waals surface area (Å²) in [6, 6.07) is 13.8. The standard InChI is InChI=1S/C27H27F2N5O/c1-17-25(18(2)32(3)31-17)24-15-21(20-8-4-5-10-23(20)30-24)27(35)34-13-11-33(12-14-34)16-19-7-6-9-22(28)26(19)29/h4-10,15H,11-14,16H2,1-3H3. The van der Waals surface area contributed by atoms with Crippen LogP contribution in [0.15, 0.2) is 48.5 Å². The summed E-state index contributed by atoms with van der Waals surface area (Å²) in [5, 5.41) is 5.32. The number of pyridine rings is 1. The van der Waals surface area contributed by atoms with E-state index < -0.39 is 11.6 Å². The summed E-state index contributed by atoms with van der Waals surface area (Å²) in [6.45, 7) is 6.43. The Labute approximate surface area is 202 Å². The fourth-order valence-electron chi connectivity index (χ4n) is 4.82. The van der Waals surface area contributed by atoms with Crippen LogP contribution in [0, 0.1) is 25.5 Å². The lowest BCUT2D eigenvalue weighted by Gasteiger charge is -2.35. The number of rotatable bonds is 4. The number of aryl methyl sites for hydroxylation is 2. The van der Waals surface area contributed by atoms with E-state index in [-0.39, 0.29) is 5.91 Å². The molecule has 3 heterocycles. The number of aromatic nitrogens is 3. The zero-order chi connectivity index (χ0) is 24.7. The number of nitrogens with zero attached hydrogens (tertiary/aromatic N) is 5. The van der Waals surface area contributed by atoms with Crippen LogP contribution >= 0.6 is 0 Å². The average Bonchev–Trinajstić information content (AvgIpc) is 3.12. The first kappa shape index (κ1) is 23.1. The maximum atomic E-state index is 14.1. The van der Waals surface area contributed by atoms with E-state index in [1.165, 1.54) is 6.07 Å². The van der Waals surface area contributed by atoms with Crippen molar-refractivity contribution in [1.29, 1.82) is 0 Å². The Kier molecular flexibility index (Phi) is 6.06. The highest BCUT2D eigenvalue weighted by Gasteiger charge is 2.26. The number of carbonyl (C=O) groups excluding carboxylic acids is 1. The Morgan fingerprint density at radius 1 is 1.00 bits per heavy atom. The van der Waals surface area contributed by atoms with Gasteiger partial charge >= 0.3 is 0 Å². The van der Waals surface area contributed by atoms with Gasteiger partial charge in [-0.2, -0.15) is 5.10 Å². The molecule has 6 nitrogen and oxygen atoms in total. The van der Waals surface area contributed by atoms with E-state index in [0.717, 1.165) is 39.6 Å². The molecule has 0 aliphatic carbocycles. The Bertz CT molecular complexity index is 1420. The molecule has 0 atom stereocenters. The van der Waals surface area contributed by atoms with E-state index in [0.29, 0.717) is 43.9 Å². The van der Waals surface area contributed by atoms with E-state index in [1.807, 2.05) is 65.7 Å². The fraction of sp³-hybridized carbons (Fsp3) is 0.296. The Balaban J connectivity index is 1.41. The minimum absolute atomic E-state index is 0.0550. The van der Waals surface area contributed by atoms with Gasteiger partial charge in [0.2, 0.25) is 0 Å². The van der Waals surface area contributed by atoms with Crippen LogP contribution in [-0.4, -0.2) is 56.7 Å². The number of halogens is 2. The maximum absolute atomic E-state index is 14.1. The molecular formula is C27H27F2N5O. The van der Waals surface area contributed by atoms with Crippen molar-refractivity contribution in [3.8, 4) is 11.3 Å². The van der Waals surface area contributed by atoms with Crippen LogP contribution in [0.5, 0.6) is 0 Å². The number of hydrogen-bond donors (Lipinski definition) is 0. The van der Waals surface area contributed by atoms with Crippen LogP contribution < -0.4 is 0 Å². The van der Waals surface area contributed by atoms with E-state index >= 15 is 0 Å². The molecule has 0 unspecified atom stereocenters. The number of amides is 1. The third kappa shape index (κ3) is 4.30. The topological polar surface area (TPSA) is 54.3 Å². The SMILES string of the molecule is Cc1nn(C)c(C)c1-c1cc(C(=O)N2CCN(Cc3cccc(F)c3F)CC2)c2ccccc2n1. The number of fused-ring (bicyclic) bond motifs is 1. The first-order valence-electron chi connectivity index (χ1n) is 11.7. The Morgan fingerprint density at radius 3 is 2.46 bits per heavy atom. The first-order chi connectivity index (χ1) is 16.8. The van der Waals surface area contributed by atoms with Crippen molar-refractivity contribution in [2.45, 2.75) is 20.4 Å². The maximum Gasteiger partial charge on any atom is 0.254 e. The highest BCUT2D eigenvalue weighted by Crippen LogP contribution is 2.30. The lowest BCUT2D eigenvalue weighted by atomic mass is 10.0. The number of para-hydroxylation sites is 1. The lowest BCUT2D eigenvalue weighted by Crippen LogP contribution is -2.48. The third-order valence-electron chi connectivity index (χ3n) is 6.80. The highest BCUT2D eigenvalue weighted by atomic mass is 19.2. The molecule has 0 N–H and O–H groups in total. The molecule has 0 radical (unpaired) electrons. The molecule has 1 amide bonds. The van der Waals surface area contributed by atoms with Crippen molar-refractivity contribution < 1.29 is 13.6 Å². The van der Waals surface area contributed by atoms with Crippen LogP contribution in [0.25, 0.3) is 22.2 Å². The summed E-state index contributed by atoms with van der Waals surface area (Å²) >= 11 is 0. The van der Waals surface area contributed by atoms with Gasteiger partial charge < -0.3 is 4.90 Å². The summed E-state index contributed by atoms with van der Waals surface area (Å²) in [5.74, 6) is -1.70. The van der Waals surface area contributed by atoms with Gasteiger partial charge in [0.15, 0.2) is 11.6 Å². The van der Waals surface area contributed by atoms with Gasteiger partial charge in [-0.05, 0) is 32.0 Å². The Hall–Kier alpha value is -3.65. The molecule has 0 bridgehead atoms. The quantitative estimate of drug-likeness (QED) is 0.437. The van der Waals surface area contributed by atoms with Crippen LogP contribution in [0.4, 0.5) is 8.78 Å². The van der Waals surface area contributed by atoms with Crippen LogP contribution in [0.3, 0.4) is 0 Å². The molecule has 5 rings (SSSR count). The second kappa shape index (κ2) is 9.19. The van der Waals surface area contributed by atoms with E-state index in [4.69, 9.17) is 4.98 Å². The monoisotopic (exact) mass is 475 g/mol. The largest absolute Gasteiger partial charge is 0.336 e. The van der Waals surface area contributed by atoms with Crippen molar-refractivity contribution in [2.24, 2.45) is 7.05 Å². The molecule has 1 aliphatic rings. The molecule has 2 aromatic heterocycles. The molecular weight excluding hydrogens is 448 g/mol. The molecule has 4 aromatic rings. The molecule has 1 fully saturated rings. The second-order valence-corrected chi connectivity index (χ2v) is 9.02. The lowest BCUT2D eigenvalue weighted by molar-refractivity contribution is 0.0628. The molecule has 1 saturated heterocycles. The highest BCUT2D eigenvalue weighted by molar-refractivity contribution is 6.07. The van der Waals surface area contributed by atoms with Gasteiger partial charge in [0.05, 0.1) is 22.5 Å². The number of hydrogen-bond acceptors (Lipinski definition) is 4. The van der Waals surface area contributed by atoms with E-state index in [9.17, 15) is 13.6 Å². The normalized spacial score (nSPS) is 14.6. The van der Waals surface area contributed by atoms with Crippen molar-refractivity contribution in [3.05, 3.63) is 82.7 Å². The smallest absolute Gasteiger partial charge is 0.254 e. The van der Waals surface area contributed by atoms with Crippen molar-refractivity contribution in [3.63, 3.8) is 0 Å². The van der Waals surface area contributed by atoms with Gasteiger partial charge in [0.1, 0.15) is 0 Å². The summed E-state index contributed by atoms with van der Waals surface area (Å²) in [7, 11) is 1.90. The van der Waals surface area contributed by atoms with Gasteiger partial charge in [0.25, 0.3) is 5.91 Å². The van der Waals surface area contributed by atoms with Crippen LogP contribution in [0.2, 0.25) is 0 Å². The molecule has 0 spiro atoms. The molecule has 180 valence electrons. The van der Waals surface area contributed by atoms with Crippen molar-refractivity contribution in [2.75, 3.05) is 26.2 Å². The molecule has 8 heteroatoms. The first-order valence-corrected chi connectivity index (χ1v) is 11.7. The van der Waals surface area contributed by atoms with Gasteiger partial charge in [-0.15, -0.1) is 0 Å². The van der Waals surface area contributed by atoms with E-state index in [2.05, 4.69) is 5.10 Å². The molecule has 1 aliphatic heterocycles. The summed E-state index contributed by atoms with van der Waals surface area (Å²) < 4.78 is 29.5. The van der Waals surface area contributed by atoms with Crippen LogP contribution in [-0.2, 0) is 13.6 Å². The predicted octanol–water partition coefficient (Wildman–Crippen LogP) is 4.49. The van der Waals surface area contributed by atoms with Gasteiger partial charge in [-0.1, -0.05) is 30.3 Å². The number of carbonyl (C=O) groups is 1. The minimum atomic E-state index is -0.837. The zero-order valence-corrected chi connectivity index (χ0v) is 20.1. The summed E-state index contributed by atoms with van der Waals surface area (Å²) in [5.41, 5.74) is 5.22. The minimum Gasteiger partial charge on any atom is -0.336 e. The van der Waals surface area contributed by atoms with Gasteiger partial charge in [-0.25, -0.2) is 13.8 Å². The van der Waals surface area contributed by atoms with Crippen LogP contribution in [0.1, 0.15) is 27.3 Å². The fourth-order valence-corrected chi connectivity index (χ4v) is 4.82. The summed E-state index contributed by atoms with van der Waals surface area (Å²) in [6.07, 6.45) is 0. The predicted molar refractivity (Wildman–Crippen MR) is 131 cm³/mol. The van der Waals surface area contributed by atoms with Crippen molar-refractivity contribution in [1.82, 2.24) is 24.6 Å². The Morgan fingerprint density at radius 2 is 1.74 bits per heavy atom. The van der Waals surface area contributed by atoms with Gasteiger partial charge in [0, 0.05) is 62.0 Å². The van der Waals surface area contributed by atoms with Gasteiger partial charge in [-0.3, -0.25) is 14.4 Å². The van der Waals surface area contributed by atoms with E-state index in [1.54, 1.807) is 6.07 Å². The summed E-state index contributed by atoms with van der Waals surface area (Å²) in [4.78, 5) is 22.4. The second-order valence-electron chi connectivity index (χ2n) is 9.02. The zero-order valence-electron chi connectivity index (χ0n) is 20.1.